The Bertz CT molecular complexity index is 1180. The third kappa shape index (κ3) is 4.74. The number of sulfonamides is 1. The molecule has 0 saturated carbocycles. The second-order valence-corrected chi connectivity index (χ2v) is 7.79. The van der Waals surface area contributed by atoms with Gasteiger partial charge < -0.3 is 10.1 Å². The highest BCUT2D eigenvalue weighted by Crippen LogP contribution is 2.30. The van der Waals surface area contributed by atoms with E-state index in [1.807, 2.05) is 0 Å². The highest BCUT2D eigenvalue weighted by Gasteiger charge is 2.20. The molecule has 6 nitrogen and oxygen atoms in total. The first-order chi connectivity index (χ1) is 14.3. The Morgan fingerprint density at radius 2 is 1.60 bits per heavy atom. The molecule has 0 radical (unpaired) electrons. The summed E-state index contributed by atoms with van der Waals surface area (Å²) in [6.07, 6.45) is 0. The summed E-state index contributed by atoms with van der Waals surface area (Å²) in [4.78, 5) is 12.2. The van der Waals surface area contributed by atoms with Crippen LogP contribution in [0.15, 0.2) is 71.6 Å². The number of hydrogen-bond donors (Lipinski definition) is 2. The highest BCUT2D eigenvalue weighted by atomic mass is 32.2. The van der Waals surface area contributed by atoms with Crippen LogP contribution in [-0.2, 0) is 10.0 Å². The average Bonchev–Trinajstić information content (AvgIpc) is 2.71. The fourth-order valence-corrected chi connectivity index (χ4v) is 3.73. The zero-order valence-electron chi connectivity index (χ0n) is 15.9. The Morgan fingerprint density at radius 3 is 2.27 bits per heavy atom. The van der Waals surface area contributed by atoms with Crippen LogP contribution in [0.25, 0.3) is 0 Å². The van der Waals surface area contributed by atoms with Gasteiger partial charge in [0.05, 0.1) is 28.4 Å². The molecule has 0 fully saturated rings. The minimum absolute atomic E-state index is 0.0292. The van der Waals surface area contributed by atoms with E-state index in [2.05, 4.69) is 10.0 Å². The van der Waals surface area contributed by atoms with Crippen molar-refractivity contribution >= 4 is 27.3 Å². The van der Waals surface area contributed by atoms with Crippen LogP contribution in [0.5, 0.6) is 5.75 Å². The molecule has 0 bridgehead atoms. The minimum Gasteiger partial charge on any atom is -0.492 e. The summed E-state index contributed by atoms with van der Waals surface area (Å²) in [5.74, 6) is -2.03. The van der Waals surface area contributed by atoms with E-state index in [0.717, 1.165) is 18.2 Å². The fraction of sp³-hybridized carbons (Fsp3) is 0.0952. The summed E-state index contributed by atoms with van der Waals surface area (Å²) in [6, 6.07) is 14.5. The molecule has 1 amide bonds. The fourth-order valence-electron chi connectivity index (χ4n) is 2.64. The van der Waals surface area contributed by atoms with Gasteiger partial charge in [0, 0.05) is 0 Å². The van der Waals surface area contributed by atoms with Crippen LogP contribution in [-0.4, -0.2) is 20.9 Å². The van der Waals surface area contributed by atoms with Gasteiger partial charge in [-0.2, -0.15) is 0 Å². The number of halogens is 2. The van der Waals surface area contributed by atoms with Crippen LogP contribution < -0.4 is 14.8 Å². The molecular weight excluding hydrogens is 414 g/mol. The smallest absolute Gasteiger partial charge is 0.262 e. The molecule has 156 valence electrons. The van der Waals surface area contributed by atoms with Gasteiger partial charge in [-0.05, 0) is 49.4 Å². The minimum atomic E-state index is -4.17. The SMILES string of the molecule is CCOc1ccc(S(=O)(=O)Nc2ccccc2F)cc1NC(=O)c1ccccc1F. The Morgan fingerprint density at radius 1 is 0.933 bits per heavy atom. The van der Waals surface area contributed by atoms with E-state index >= 15 is 0 Å². The van der Waals surface area contributed by atoms with Crippen molar-refractivity contribution in [2.45, 2.75) is 11.8 Å². The molecule has 9 heteroatoms. The zero-order valence-corrected chi connectivity index (χ0v) is 16.7. The summed E-state index contributed by atoms with van der Waals surface area (Å²) in [5.41, 5.74) is -0.400. The van der Waals surface area contributed by atoms with Gasteiger partial charge in [-0.3, -0.25) is 9.52 Å². The molecule has 0 unspecified atom stereocenters. The van der Waals surface area contributed by atoms with Crippen molar-refractivity contribution in [3.63, 3.8) is 0 Å². The number of anilines is 2. The number of hydrogen-bond acceptors (Lipinski definition) is 4. The van der Waals surface area contributed by atoms with Crippen molar-refractivity contribution in [3.05, 3.63) is 83.9 Å². The van der Waals surface area contributed by atoms with E-state index in [1.165, 1.54) is 48.5 Å². The number of benzene rings is 3. The van der Waals surface area contributed by atoms with Crippen LogP contribution in [0.1, 0.15) is 17.3 Å². The van der Waals surface area contributed by atoms with Gasteiger partial charge in [0.2, 0.25) is 0 Å². The van der Waals surface area contributed by atoms with Crippen molar-refractivity contribution in [2.24, 2.45) is 0 Å². The molecule has 0 heterocycles. The quantitative estimate of drug-likeness (QED) is 0.579. The third-order valence-electron chi connectivity index (χ3n) is 4.05. The average molecular weight is 432 g/mol. The van der Waals surface area contributed by atoms with Crippen LogP contribution in [0, 0.1) is 11.6 Å². The van der Waals surface area contributed by atoms with E-state index < -0.39 is 27.6 Å². The highest BCUT2D eigenvalue weighted by molar-refractivity contribution is 7.92. The van der Waals surface area contributed by atoms with Gasteiger partial charge >= 0.3 is 0 Å². The van der Waals surface area contributed by atoms with Crippen molar-refractivity contribution in [2.75, 3.05) is 16.6 Å². The predicted octanol–water partition coefficient (Wildman–Crippen LogP) is 4.42. The summed E-state index contributed by atoms with van der Waals surface area (Å²) < 4.78 is 60.7. The van der Waals surface area contributed by atoms with Gasteiger partial charge in [0.15, 0.2) is 0 Å². The van der Waals surface area contributed by atoms with Gasteiger partial charge in [0.1, 0.15) is 17.4 Å². The van der Waals surface area contributed by atoms with Gasteiger partial charge in [-0.1, -0.05) is 24.3 Å². The summed E-state index contributed by atoms with van der Waals surface area (Å²) in [7, 11) is -4.17. The molecule has 3 rings (SSSR count). The molecule has 0 atom stereocenters. The Hall–Kier alpha value is -3.46. The monoisotopic (exact) mass is 432 g/mol. The largest absolute Gasteiger partial charge is 0.492 e. The van der Waals surface area contributed by atoms with Crippen molar-refractivity contribution in [1.29, 1.82) is 0 Å². The maximum atomic E-state index is 13.9. The number of ether oxygens (including phenoxy) is 1. The number of para-hydroxylation sites is 1. The first-order valence-corrected chi connectivity index (χ1v) is 10.4. The first-order valence-electron chi connectivity index (χ1n) is 8.92. The topological polar surface area (TPSA) is 84.5 Å². The van der Waals surface area contributed by atoms with Gasteiger partial charge in [-0.15, -0.1) is 0 Å². The van der Waals surface area contributed by atoms with Crippen LogP contribution >= 0.6 is 0 Å². The lowest BCUT2D eigenvalue weighted by Gasteiger charge is -2.15. The second-order valence-electron chi connectivity index (χ2n) is 6.11. The van der Waals surface area contributed by atoms with Crippen LogP contribution in [0.4, 0.5) is 20.2 Å². The molecular formula is C21H18F2N2O4S. The van der Waals surface area contributed by atoms with Crippen LogP contribution in [0.3, 0.4) is 0 Å². The molecule has 0 aliphatic rings. The molecule has 0 spiro atoms. The normalized spacial score (nSPS) is 11.0. The molecule has 0 aromatic heterocycles. The number of carbonyl (C=O) groups excluding carboxylic acids is 1. The first kappa shape index (κ1) is 21.3. The molecule has 0 saturated heterocycles. The summed E-state index contributed by atoms with van der Waals surface area (Å²) in [6.45, 7) is 1.97. The summed E-state index contributed by atoms with van der Waals surface area (Å²) >= 11 is 0. The third-order valence-corrected chi connectivity index (χ3v) is 5.41. The van der Waals surface area contributed by atoms with E-state index in [0.29, 0.717) is 0 Å². The standard InChI is InChI=1S/C21H18F2N2O4S/c1-2-29-20-12-11-14(30(27,28)25-18-10-6-5-9-17(18)23)13-19(20)24-21(26)15-7-3-4-8-16(15)22/h3-13,25H,2H2,1H3,(H,24,26). The van der Waals surface area contributed by atoms with Crippen molar-refractivity contribution in [3.8, 4) is 5.75 Å². The van der Waals surface area contributed by atoms with Gasteiger partial charge in [0.25, 0.3) is 15.9 Å². The molecule has 0 aliphatic carbocycles. The molecule has 2 N–H and O–H groups in total. The van der Waals surface area contributed by atoms with E-state index in [9.17, 15) is 22.0 Å². The molecule has 0 aliphatic heterocycles. The molecule has 30 heavy (non-hydrogen) atoms. The van der Waals surface area contributed by atoms with E-state index in [1.54, 1.807) is 6.92 Å². The summed E-state index contributed by atoms with van der Waals surface area (Å²) in [5, 5.41) is 2.47. The maximum Gasteiger partial charge on any atom is 0.262 e. The maximum absolute atomic E-state index is 13.9. The number of rotatable bonds is 7. The van der Waals surface area contributed by atoms with Crippen LogP contribution in [0.2, 0.25) is 0 Å². The Balaban J connectivity index is 1.95. The van der Waals surface area contributed by atoms with E-state index in [-0.39, 0.29) is 34.2 Å². The number of amides is 1. The molecule has 3 aromatic carbocycles. The van der Waals surface area contributed by atoms with Crippen molar-refractivity contribution < 1.29 is 26.7 Å². The Labute approximate surface area is 172 Å². The Kier molecular flexibility index (Phi) is 6.31. The number of carbonyl (C=O) groups is 1. The number of nitrogens with one attached hydrogen (secondary N) is 2. The van der Waals surface area contributed by atoms with Gasteiger partial charge in [-0.25, -0.2) is 17.2 Å². The predicted molar refractivity (Wildman–Crippen MR) is 109 cm³/mol. The second kappa shape index (κ2) is 8.91. The van der Waals surface area contributed by atoms with E-state index in [4.69, 9.17) is 4.74 Å². The lowest BCUT2D eigenvalue weighted by atomic mass is 10.2. The molecule has 3 aromatic rings. The van der Waals surface area contributed by atoms with Crippen molar-refractivity contribution in [1.82, 2.24) is 0 Å². The lowest BCUT2D eigenvalue weighted by Crippen LogP contribution is -2.17. The zero-order chi connectivity index (χ0) is 21.7. The lowest BCUT2D eigenvalue weighted by molar-refractivity contribution is 0.102.